The van der Waals surface area contributed by atoms with Gasteiger partial charge in [0, 0.05) is 35.2 Å². The van der Waals surface area contributed by atoms with Crippen LogP contribution in [0.2, 0.25) is 0 Å². The number of carbonyl (C=O) groups is 1. The Morgan fingerprint density at radius 1 is 1.46 bits per heavy atom. The van der Waals surface area contributed by atoms with E-state index in [2.05, 4.69) is 20.1 Å². The van der Waals surface area contributed by atoms with Gasteiger partial charge < -0.3 is 10.7 Å². The smallest absolute Gasteiger partial charge is 0.219 e. The van der Waals surface area contributed by atoms with Crippen LogP contribution in [0.15, 0.2) is 31.0 Å². The molecule has 3 N–H and O–H groups in total. The summed E-state index contributed by atoms with van der Waals surface area (Å²) in [6.07, 6.45) is 2.86. The molecule has 0 aromatic carbocycles. The molecule has 3 heterocycles. The molecule has 3 aromatic rings. The molecule has 24 heavy (non-hydrogen) atoms. The van der Waals surface area contributed by atoms with Crippen LogP contribution in [0, 0.1) is 5.92 Å². The molecular weight excluding hydrogens is 304 g/mol. The first-order valence-corrected chi connectivity index (χ1v) is 7.80. The van der Waals surface area contributed by atoms with Gasteiger partial charge in [-0.05, 0) is 24.7 Å². The fourth-order valence-electron chi connectivity index (χ4n) is 3.11. The van der Waals surface area contributed by atoms with Crippen molar-refractivity contribution in [1.29, 1.82) is 0 Å². The third-order valence-electron chi connectivity index (χ3n) is 4.22. The fraction of sp³-hybridized carbons (Fsp3) is 0.412. The summed E-state index contributed by atoms with van der Waals surface area (Å²) in [5.74, 6) is -1.67. The highest BCUT2D eigenvalue weighted by Gasteiger charge is 2.28. The Labute approximate surface area is 144 Å². The summed E-state index contributed by atoms with van der Waals surface area (Å²) in [4.78, 5) is 23.2. The van der Waals surface area contributed by atoms with Crippen molar-refractivity contribution in [3.05, 3.63) is 31.0 Å². The van der Waals surface area contributed by atoms with E-state index in [-0.39, 0.29) is 19.3 Å². The minimum atomic E-state index is -1.77. The van der Waals surface area contributed by atoms with Crippen molar-refractivity contribution in [2.24, 2.45) is 11.7 Å². The van der Waals surface area contributed by atoms with E-state index < -0.39 is 30.6 Å². The zero-order valence-corrected chi connectivity index (χ0v) is 12.9. The highest BCUT2D eigenvalue weighted by atomic mass is 16.1. The number of primary amides is 1. The number of fused-ring (bicyclic) bond motifs is 1. The number of nitrogens with two attached hydrogens (primary N) is 1. The molecule has 1 saturated carbocycles. The number of amides is 1. The number of carbonyl (C=O) groups excluding carboxylic acids is 1. The number of nitrogens with one attached hydrogen (secondary N) is 1. The molecule has 1 atom stereocenters. The second-order valence-corrected chi connectivity index (χ2v) is 5.79. The summed E-state index contributed by atoms with van der Waals surface area (Å²) < 4.78 is 34.6. The maximum absolute atomic E-state index is 11.7. The summed E-state index contributed by atoms with van der Waals surface area (Å²) in [7, 11) is 0. The number of nitrogens with zero attached hydrogens (tertiary/aromatic N) is 4. The maximum Gasteiger partial charge on any atom is 0.219 e. The summed E-state index contributed by atoms with van der Waals surface area (Å²) >= 11 is 0. The van der Waals surface area contributed by atoms with Crippen molar-refractivity contribution in [3.63, 3.8) is 0 Å². The molecule has 7 nitrogen and oxygen atoms in total. The van der Waals surface area contributed by atoms with E-state index in [1.165, 1.54) is 11.0 Å². The van der Waals surface area contributed by atoms with Crippen LogP contribution < -0.4 is 5.73 Å². The molecule has 0 bridgehead atoms. The monoisotopic (exact) mass is 328 g/mol. The fourth-order valence-corrected chi connectivity index (χ4v) is 3.11. The first-order chi connectivity index (χ1) is 13.2. The Morgan fingerprint density at radius 2 is 2.29 bits per heavy atom. The SMILES string of the molecule is [2H]C1([2H])CCC([2H])([2H])C1[C@@H](CC(N)=O)n1cc(-c2ncnc3[nH]ccc23)cn1. The zero-order chi connectivity index (χ0) is 20.1. The summed E-state index contributed by atoms with van der Waals surface area (Å²) in [5.41, 5.74) is 7.39. The number of aromatic nitrogens is 5. The van der Waals surface area contributed by atoms with Crippen molar-refractivity contribution >= 4 is 16.9 Å². The lowest BCUT2D eigenvalue weighted by Gasteiger charge is -2.22. The third-order valence-corrected chi connectivity index (χ3v) is 4.22. The van der Waals surface area contributed by atoms with Crippen LogP contribution >= 0.6 is 0 Å². The molecule has 1 aliphatic carbocycles. The van der Waals surface area contributed by atoms with Crippen LogP contribution in [0.25, 0.3) is 22.3 Å². The Bertz CT molecular complexity index is 1010. The lowest BCUT2D eigenvalue weighted by Crippen LogP contribution is -2.24. The molecule has 1 amide bonds. The minimum Gasteiger partial charge on any atom is -0.370 e. The molecule has 0 radical (unpaired) electrons. The Hall–Kier alpha value is -2.70. The highest BCUT2D eigenvalue weighted by Crippen LogP contribution is 2.36. The minimum absolute atomic E-state index is 0.0872. The maximum atomic E-state index is 11.7. The van der Waals surface area contributed by atoms with Gasteiger partial charge in [-0.2, -0.15) is 5.10 Å². The van der Waals surface area contributed by atoms with Gasteiger partial charge in [-0.25, -0.2) is 9.97 Å². The predicted molar refractivity (Wildman–Crippen MR) is 89.9 cm³/mol. The first kappa shape index (κ1) is 11.0. The molecule has 0 unspecified atom stereocenters. The summed E-state index contributed by atoms with van der Waals surface area (Å²) in [5, 5.41) is 5.12. The number of H-pyrrole nitrogens is 1. The average Bonchev–Trinajstić information content (AvgIpc) is 3.31. The Kier molecular flexibility index (Phi) is 2.77. The van der Waals surface area contributed by atoms with Gasteiger partial charge in [-0.15, -0.1) is 0 Å². The summed E-state index contributed by atoms with van der Waals surface area (Å²) in [6, 6.07) is 1.01. The largest absolute Gasteiger partial charge is 0.370 e. The van der Waals surface area contributed by atoms with Gasteiger partial charge in [0.15, 0.2) is 0 Å². The van der Waals surface area contributed by atoms with Crippen molar-refractivity contribution in [2.45, 2.75) is 38.1 Å². The highest BCUT2D eigenvalue weighted by molar-refractivity contribution is 5.90. The predicted octanol–water partition coefficient (Wildman–Crippen LogP) is 2.43. The zero-order valence-electron chi connectivity index (χ0n) is 16.9. The van der Waals surface area contributed by atoms with Crippen LogP contribution in [-0.4, -0.2) is 30.6 Å². The van der Waals surface area contributed by atoms with Crippen molar-refractivity contribution in [2.75, 3.05) is 0 Å². The van der Waals surface area contributed by atoms with E-state index in [9.17, 15) is 4.79 Å². The normalized spacial score (nSPS) is 23.3. The van der Waals surface area contributed by atoms with Crippen molar-refractivity contribution in [1.82, 2.24) is 24.7 Å². The van der Waals surface area contributed by atoms with E-state index >= 15 is 0 Å². The van der Waals surface area contributed by atoms with E-state index in [1.807, 2.05) is 6.07 Å². The van der Waals surface area contributed by atoms with Gasteiger partial charge in [0.1, 0.15) is 12.0 Å². The molecule has 7 heteroatoms. The van der Waals surface area contributed by atoms with Crippen LogP contribution in [0.5, 0.6) is 0 Å². The number of rotatable bonds is 5. The van der Waals surface area contributed by atoms with Gasteiger partial charge in [0.25, 0.3) is 0 Å². The number of aromatic amines is 1. The molecule has 0 aliphatic heterocycles. The molecule has 0 saturated heterocycles. The molecule has 3 aromatic heterocycles. The second-order valence-electron chi connectivity index (χ2n) is 5.79. The Balaban J connectivity index is 1.77. The lowest BCUT2D eigenvalue weighted by molar-refractivity contribution is -0.119. The van der Waals surface area contributed by atoms with Crippen LogP contribution in [-0.2, 0) is 4.79 Å². The quantitative estimate of drug-likeness (QED) is 0.750. The van der Waals surface area contributed by atoms with E-state index in [1.54, 1.807) is 18.6 Å². The second kappa shape index (κ2) is 6.07. The third kappa shape index (κ3) is 2.66. The van der Waals surface area contributed by atoms with E-state index in [0.29, 0.717) is 16.9 Å². The molecule has 4 rings (SSSR count). The molecule has 1 fully saturated rings. The standard InChI is InChI=1S/C17H20N6O/c18-15(24)7-14(11-3-1-2-4-11)23-9-12(8-22-23)16-13-5-6-19-17(13)21-10-20-16/h5-6,8-11,14H,1-4,7H2,(H2,18,24)(H,19,20,21)/t14-/m1/s1/i3D2,4D2. The van der Waals surface area contributed by atoms with Crippen molar-refractivity contribution in [3.8, 4) is 11.3 Å². The molecule has 124 valence electrons. The van der Waals surface area contributed by atoms with Crippen LogP contribution in [0.4, 0.5) is 0 Å². The Morgan fingerprint density at radius 3 is 3.08 bits per heavy atom. The number of hydrogen-bond acceptors (Lipinski definition) is 4. The van der Waals surface area contributed by atoms with Crippen LogP contribution in [0.1, 0.15) is 43.5 Å². The van der Waals surface area contributed by atoms with Gasteiger partial charge in [0.05, 0.1) is 17.9 Å². The first-order valence-electron chi connectivity index (χ1n) is 9.80. The van der Waals surface area contributed by atoms with E-state index in [0.717, 1.165) is 5.39 Å². The molecule has 1 aliphatic rings. The topological polar surface area (TPSA) is 102 Å². The summed E-state index contributed by atoms with van der Waals surface area (Å²) in [6.45, 7) is 0. The molecular formula is C17H20N6O. The van der Waals surface area contributed by atoms with Gasteiger partial charge in [0.2, 0.25) is 5.91 Å². The average molecular weight is 328 g/mol. The van der Waals surface area contributed by atoms with Gasteiger partial charge in [-0.1, -0.05) is 12.8 Å². The van der Waals surface area contributed by atoms with Gasteiger partial charge >= 0.3 is 0 Å². The van der Waals surface area contributed by atoms with Gasteiger partial charge in [-0.3, -0.25) is 9.48 Å². The van der Waals surface area contributed by atoms with E-state index in [4.69, 9.17) is 11.2 Å². The lowest BCUT2D eigenvalue weighted by atomic mass is 9.95. The van der Waals surface area contributed by atoms with Crippen LogP contribution in [0.3, 0.4) is 0 Å². The number of hydrogen-bond donors (Lipinski definition) is 2. The van der Waals surface area contributed by atoms with Crippen molar-refractivity contribution < 1.29 is 10.3 Å². The molecule has 0 spiro atoms.